The molecule has 0 spiro atoms. The number of nitrogens with zero attached hydrogens (tertiary/aromatic N) is 2. The second kappa shape index (κ2) is 6.24. The normalized spacial score (nSPS) is 20.8. The lowest BCUT2D eigenvalue weighted by molar-refractivity contribution is 0.443. The SMILES string of the molecule is [2H]c1c(C2([2H])CCCCC2)cnc(-c2cccc3c2oc2nc(C([2H])([2H])[2H])ccc23)c1[2H]. The van der Waals surface area contributed by atoms with Crippen LogP contribution in [0.2, 0.25) is 0 Å². The zero-order chi connectivity index (χ0) is 22.7. The van der Waals surface area contributed by atoms with Gasteiger partial charge in [0.25, 0.3) is 0 Å². The summed E-state index contributed by atoms with van der Waals surface area (Å²) >= 11 is 0. The second-order valence-electron chi connectivity index (χ2n) is 6.77. The Morgan fingerprint density at radius 3 is 2.92 bits per heavy atom. The van der Waals surface area contributed by atoms with Gasteiger partial charge in [-0.15, -0.1) is 0 Å². The van der Waals surface area contributed by atoms with Crippen molar-refractivity contribution in [2.45, 2.75) is 44.8 Å². The molecule has 3 heterocycles. The van der Waals surface area contributed by atoms with Crippen LogP contribution in [0, 0.1) is 6.85 Å². The number of aryl methyl sites for hydroxylation is 1. The van der Waals surface area contributed by atoms with Gasteiger partial charge in [-0.2, -0.15) is 0 Å². The van der Waals surface area contributed by atoms with Gasteiger partial charge in [-0.3, -0.25) is 4.98 Å². The summed E-state index contributed by atoms with van der Waals surface area (Å²) in [6, 6.07) is 8.58. The summed E-state index contributed by atoms with van der Waals surface area (Å²) in [4.78, 5) is 8.69. The molecule has 3 nitrogen and oxygen atoms in total. The fourth-order valence-corrected chi connectivity index (χ4v) is 3.75. The van der Waals surface area contributed by atoms with Crippen LogP contribution >= 0.6 is 0 Å². The Morgan fingerprint density at radius 1 is 1.12 bits per heavy atom. The van der Waals surface area contributed by atoms with Crippen LogP contribution in [0.15, 0.2) is 53.0 Å². The number of fused-ring (bicyclic) bond motifs is 3. The minimum atomic E-state index is -2.34. The van der Waals surface area contributed by atoms with Crippen molar-refractivity contribution < 1.29 is 12.6 Å². The van der Waals surface area contributed by atoms with Crippen LogP contribution in [0.5, 0.6) is 0 Å². The molecular weight excluding hydrogens is 320 g/mol. The Morgan fingerprint density at radius 2 is 2.04 bits per heavy atom. The molecule has 3 heteroatoms. The summed E-state index contributed by atoms with van der Waals surface area (Å²) in [6.45, 7) is -2.34. The lowest BCUT2D eigenvalue weighted by Crippen LogP contribution is -2.04. The van der Waals surface area contributed by atoms with Crippen LogP contribution in [0.3, 0.4) is 0 Å². The number of hydrogen-bond donors (Lipinski definition) is 0. The van der Waals surface area contributed by atoms with Gasteiger partial charge in [-0.25, -0.2) is 4.98 Å². The molecule has 3 aromatic heterocycles. The van der Waals surface area contributed by atoms with E-state index in [9.17, 15) is 0 Å². The monoisotopic (exact) mass is 348 g/mol. The van der Waals surface area contributed by atoms with Crippen molar-refractivity contribution >= 4 is 22.1 Å². The molecule has 5 rings (SSSR count). The molecular formula is C23H22N2O. The summed E-state index contributed by atoms with van der Waals surface area (Å²) in [7, 11) is 0. The topological polar surface area (TPSA) is 38.9 Å². The lowest BCUT2D eigenvalue weighted by Gasteiger charge is -2.21. The number of benzene rings is 1. The Bertz CT molecular complexity index is 1340. The van der Waals surface area contributed by atoms with Gasteiger partial charge in [-0.05, 0) is 55.4 Å². The maximum atomic E-state index is 8.83. The van der Waals surface area contributed by atoms with E-state index in [0.717, 1.165) is 24.6 Å². The first-order valence-electron chi connectivity index (χ1n) is 12.0. The summed E-state index contributed by atoms with van der Waals surface area (Å²) in [6.07, 6.45) is 5.91. The first-order valence-corrected chi connectivity index (χ1v) is 8.99. The van der Waals surface area contributed by atoms with E-state index in [1.807, 2.05) is 12.1 Å². The van der Waals surface area contributed by atoms with Crippen molar-refractivity contribution in [3.8, 4) is 11.3 Å². The zero-order valence-corrected chi connectivity index (χ0v) is 14.3. The quantitative estimate of drug-likeness (QED) is 0.421. The predicted octanol–water partition coefficient (Wildman–Crippen LogP) is 6.40. The van der Waals surface area contributed by atoms with Crippen LogP contribution < -0.4 is 0 Å². The molecule has 0 aliphatic heterocycles. The highest BCUT2D eigenvalue weighted by atomic mass is 16.3. The van der Waals surface area contributed by atoms with E-state index in [1.54, 1.807) is 18.3 Å². The van der Waals surface area contributed by atoms with Gasteiger partial charge in [0.15, 0.2) is 0 Å². The van der Waals surface area contributed by atoms with Crippen LogP contribution in [-0.4, -0.2) is 9.97 Å². The highest BCUT2D eigenvalue weighted by Crippen LogP contribution is 2.36. The summed E-state index contributed by atoms with van der Waals surface area (Å²) in [5.41, 5.74) is 1.97. The maximum Gasteiger partial charge on any atom is 0.227 e. The number of aromatic nitrogens is 2. The van der Waals surface area contributed by atoms with Crippen LogP contribution in [0.25, 0.3) is 33.3 Å². The summed E-state index contributed by atoms with van der Waals surface area (Å²) in [5, 5.41) is 1.42. The highest BCUT2D eigenvalue weighted by Gasteiger charge is 2.17. The summed E-state index contributed by atoms with van der Waals surface area (Å²) in [5.74, 6) is -0.863. The van der Waals surface area contributed by atoms with Gasteiger partial charge in [0.05, 0.1) is 8.44 Å². The third kappa shape index (κ3) is 2.59. The molecule has 26 heavy (non-hydrogen) atoms. The Kier molecular flexibility index (Phi) is 2.51. The van der Waals surface area contributed by atoms with E-state index in [4.69, 9.17) is 12.6 Å². The third-order valence-electron chi connectivity index (χ3n) is 5.10. The van der Waals surface area contributed by atoms with Crippen molar-refractivity contribution in [2.75, 3.05) is 0 Å². The van der Waals surface area contributed by atoms with Crippen molar-refractivity contribution in [1.29, 1.82) is 0 Å². The number of furan rings is 1. The Balaban J connectivity index is 1.67. The van der Waals surface area contributed by atoms with Crippen LogP contribution in [0.4, 0.5) is 0 Å². The fourth-order valence-electron chi connectivity index (χ4n) is 3.75. The molecule has 1 aromatic carbocycles. The van der Waals surface area contributed by atoms with E-state index in [1.165, 1.54) is 6.07 Å². The van der Waals surface area contributed by atoms with E-state index < -0.39 is 12.7 Å². The predicted molar refractivity (Wildman–Crippen MR) is 105 cm³/mol. The molecule has 0 radical (unpaired) electrons. The first-order chi connectivity index (χ1) is 15.2. The largest absolute Gasteiger partial charge is 0.437 e. The molecule has 0 amide bonds. The average molecular weight is 348 g/mol. The van der Waals surface area contributed by atoms with Gasteiger partial charge >= 0.3 is 0 Å². The molecule has 1 aliphatic rings. The molecule has 4 aromatic rings. The van der Waals surface area contributed by atoms with Crippen LogP contribution in [0.1, 0.15) is 57.5 Å². The molecule has 0 bridgehead atoms. The van der Waals surface area contributed by atoms with E-state index in [2.05, 4.69) is 9.97 Å². The standard InChI is InChI=1S/C23H22N2O/c1-15-10-12-19-18-8-5-9-20(22(18)26-23(19)25-15)21-13-11-17(14-24-21)16-6-3-2-4-7-16/h5,8-14,16H,2-4,6-7H2,1H3/i1D3,11D,13D,16D. The molecule has 1 aliphatic carbocycles. The third-order valence-corrected chi connectivity index (χ3v) is 5.10. The molecule has 0 atom stereocenters. The number of pyridine rings is 2. The van der Waals surface area contributed by atoms with Gasteiger partial charge in [0.1, 0.15) is 5.58 Å². The van der Waals surface area contributed by atoms with Crippen molar-refractivity contribution in [3.63, 3.8) is 0 Å². The molecule has 1 fully saturated rings. The second-order valence-corrected chi connectivity index (χ2v) is 6.77. The van der Waals surface area contributed by atoms with Crippen molar-refractivity contribution in [2.24, 2.45) is 0 Å². The zero-order valence-electron chi connectivity index (χ0n) is 20.3. The molecule has 1 saturated carbocycles. The van der Waals surface area contributed by atoms with Gasteiger partial charge in [-0.1, -0.05) is 37.4 Å². The maximum absolute atomic E-state index is 8.83. The number of para-hydroxylation sites is 1. The molecule has 0 unspecified atom stereocenters. The number of hydrogen-bond acceptors (Lipinski definition) is 3. The highest BCUT2D eigenvalue weighted by molar-refractivity contribution is 6.08. The molecule has 0 N–H and O–H groups in total. The average Bonchev–Trinajstić information content (AvgIpc) is 3.13. The lowest BCUT2D eigenvalue weighted by atomic mass is 9.85. The summed E-state index contributed by atoms with van der Waals surface area (Å²) < 4.78 is 54.8. The molecule has 130 valence electrons. The Labute approximate surface area is 161 Å². The smallest absolute Gasteiger partial charge is 0.227 e. The van der Waals surface area contributed by atoms with E-state index in [-0.39, 0.29) is 23.5 Å². The van der Waals surface area contributed by atoms with Crippen LogP contribution in [-0.2, 0) is 0 Å². The van der Waals surface area contributed by atoms with Crippen molar-refractivity contribution in [1.82, 2.24) is 9.97 Å². The Hall–Kier alpha value is -2.68. The van der Waals surface area contributed by atoms with Crippen molar-refractivity contribution in [3.05, 3.63) is 59.9 Å². The number of rotatable bonds is 2. The van der Waals surface area contributed by atoms with Gasteiger partial charge < -0.3 is 4.42 Å². The van der Waals surface area contributed by atoms with Gasteiger partial charge in [0.2, 0.25) is 5.71 Å². The van der Waals surface area contributed by atoms with E-state index >= 15 is 0 Å². The fraction of sp³-hybridized carbons (Fsp3) is 0.304. The first kappa shape index (κ1) is 10.5. The van der Waals surface area contributed by atoms with Gasteiger partial charge in [0, 0.05) is 33.7 Å². The molecule has 0 saturated heterocycles. The minimum absolute atomic E-state index is 0.0304. The minimum Gasteiger partial charge on any atom is -0.437 e. The van der Waals surface area contributed by atoms with E-state index in [0.29, 0.717) is 40.6 Å².